The number of amides is 1. The van der Waals surface area contributed by atoms with Crippen molar-refractivity contribution in [2.24, 2.45) is 0 Å². The largest absolute Gasteiger partial charge is 0.418 e. The number of anilines is 1. The molecule has 10 heteroatoms. The molecule has 3 aromatic rings. The van der Waals surface area contributed by atoms with Crippen molar-refractivity contribution in [1.82, 2.24) is 20.0 Å². The van der Waals surface area contributed by atoms with E-state index in [-0.39, 0.29) is 17.9 Å². The Labute approximate surface area is 207 Å². The molecule has 0 saturated carbocycles. The monoisotopic (exact) mass is 499 g/mol. The second kappa shape index (κ2) is 10.5. The first-order valence-electron chi connectivity index (χ1n) is 11.7. The zero-order chi connectivity index (χ0) is 25.9. The highest BCUT2D eigenvalue weighted by atomic mass is 19.4. The van der Waals surface area contributed by atoms with Crippen molar-refractivity contribution in [3.05, 3.63) is 87.3 Å². The molecule has 2 aromatic carbocycles. The van der Waals surface area contributed by atoms with E-state index in [9.17, 15) is 22.8 Å². The molecule has 1 aliphatic rings. The van der Waals surface area contributed by atoms with Gasteiger partial charge in [-0.2, -0.15) is 18.3 Å². The average molecular weight is 500 g/mol. The Morgan fingerprint density at radius 2 is 1.72 bits per heavy atom. The average Bonchev–Trinajstić information content (AvgIpc) is 2.84. The van der Waals surface area contributed by atoms with E-state index in [1.54, 1.807) is 0 Å². The van der Waals surface area contributed by atoms with Crippen molar-refractivity contribution in [3.8, 4) is 5.69 Å². The van der Waals surface area contributed by atoms with E-state index in [1.807, 2.05) is 6.07 Å². The molecule has 190 valence electrons. The molecule has 1 fully saturated rings. The minimum Gasteiger partial charge on any atom is -0.369 e. The van der Waals surface area contributed by atoms with Crippen LogP contribution in [0.15, 0.2) is 59.4 Å². The summed E-state index contributed by atoms with van der Waals surface area (Å²) < 4.78 is 41.5. The van der Waals surface area contributed by atoms with Gasteiger partial charge in [0.25, 0.3) is 5.91 Å². The number of halogens is 3. The van der Waals surface area contributed by atoms with Gasteiger partial charge in [-0.25, -0.2) is 4.68 Å². The number of alkyl halides is 3. The normalized spacial score (nSPS) is 14.6. The van der Waals surface area contributed by atoms with Gasteiger partial charge in [-0.05, 0) is 43.7 Å². The standard InChI is InChI=1S/C26H28F3N5O2/c1-18-6-5-7-20(16-18)33-14-12-32(13-15-33)11-10-30-25(36)24-23(35)17-19(2)34(31-24)22-9-4-3-8-21(22)26(27,28)29/h3-9,16-17H,10-15H2,1-2H3,(H,30,36). The Morgan fingerprint density at radius 1 is 1.00 bits per heavy atom. The molecular weight excluding hydrogens is 471 g/mol. The first kappa shape index (κ1) is 25.4. The maximum Gasteiger partial charge on any atom is 0.418 e. The molecule has 7 nitrogen and oxygen atoms in total. The highest BCUT2D eigenvalue weighted by molar-refractivity contribution is 5.92. The molecule has 2 heterocycles. The summed E-state index contributed by atoms with van der Waals surface area (Å²) in [6.45, 7) is 7.79. The molecule has 1 aromatic heterocycles. The number of nitrogens with one attached hydrogen (secondary N) is 1. The molecule has 0 aliphatic carbocycles. The van der Waals surface area contributed by atoms with Crippen LogP contribution in [0.5, 0.6) is 0 Å². The highest BCUT2D eigenvalue weighted by Gasteiger charge is 2.34. The molecule has 0 bridgehead atoms. The van der Waals surface area contributed by atoms with Crippen molar-refractivity contribution < 1.29 is 18.0 Å². The Balaban J connectivity index is 1.39. The quantitative estimate of drug-likeness (QED) is 0.563. The van der Waals surface area contributed by atoms with Crippen molar-refractivity contribution in [2.75, 3.05) is 44.2 Å². The van der Waals surface area contributed by atoms with Gasteiger partial charge in [0, 0.05) is 56.7 Å². The van der Waals surface area contributed by atoms with Gasteiger partial charge < -0.3 is 10.2 Å². The van der Waals surface area contributed by atoms with Gasteiger partial charge in [-0.1, -0.05) is 24.3 Å². The van der Waals surface area contributed by atoms with Crippen LogP contribution in [-0.2, 0) is 6.18 Å². The lowest BCUT2D eigenvalue weighted by Crippen LogP contribution is -2.48. The fraction of sp³-hybridized carbons (Fsp3) is 0.346. The number of rotatable bonds is 6. The van der Waals surface area contributed by atoms with Gasteiger partial charge in [-0.15, -0.1) is 0 Å². The molecule has 1 amide bonds. The van der Waals surface area contributed by atoms with E-state index in [4.69, 9.17) is 0 Å². The molecule has 0 radical (unpaired) electrons. The summed E-state index contributed by atoms with van der Waals surface area (Å²) in [6, 6.07) is 14.4. The summed E-state index contributed by atoms with van der Waals surface area (Å²) in [4.78, 5) is 29.7. The molecule has 36 heavy (non-hydrogen) atoms. The van der Waals surface area contributed by atoms with Crippen LogP contribution in [0.1, 0.15) is 27.3 Å². The second-order valence-electron chi connectivity index (χ2n) is 8.85. The van der Waals surface area contributed by atoms with E-state index in [0.29, 0.717) is 6.54 Å². The minimum atomic E-state index is -4.61. The summed E-state index contributed by atoms with van der Waals surface area (Å²) in [5.74, 6) is -0.711. The lowest BCUT2D eigenvalue weighted by atomic mass is 10.1. The van der Waals surface area contributed by atoms with Crippen molar-refractivity contribution in [1.29, 1.82) is 0 Å². The molecular formula is C26H28F3N5O2. The third kappa shape index (κ3) is 5.76. The number of piperazine rings is 1. The molecule has 4 rings (SSSR count). The SMILES string of the molecule is Cc1cccc(N2CCN(CCNC(=O)c3nn(-c4ccccc4C(F)(F)F)c(C)cc3=O)CC2)c1. The first-order chi connectivity index (χ1) is 17.1. The number of carbonyl (C=O) groups is 1. The van der Waals surface area contributed by atoms with E-state index in [0.717, 1.165) is 43.0 Å². The fourth-order valence-electron chi connectivity index (χ4n) is 4.31. The van der Waals surface area contributed by atoms with Gasteiger partial charge in [-0.3, -0.25) is 14.5 Å². The molecule has 0 atom stereocenters. The minimum absolute atomic E-state index is 0.194. The van der Waals surface area contributed by atoms with E-state index in [1.165, 1.54) is 36.4 Å². The van der Waals surface area contributed by atoms with Crippen LogP contribution in [-0.4, -0.2) is 59.9 Å². The van der Waals surface area contributed by atoms with Crippen molar-refractivity contribution >= 4 is 11.6 Å². The third-order valence-corrected chi connectivity index (χ3v) is 6.21. The van der Waals surface area contributed by atoms with Crippen LogP contribution in [0.3, 0.4) is 0 Å². The Kier molecular flexibility index (Phi) is 7.44. The summed E-state index contributed by atoms with van der Waals surface area (Å²) in [7, 11) is 0. The maximum atomic E-state index is 13.5. The highest BCUT2D eigenvalue weighted by Crippen LogP contribution is 2.33. The van der Waals surface area contributed by atoms with Gasteiger partial charge in [0.2, 0.25) is 5.43 Å². The van der Waals surface area contributed by atoms with Crippen molar-refractivity contribution in [2.45, 2.75) is 20.0 Å². The topological polar surface area (TPSA) is 70.5 Å². The summed E-state index contributed by atoms with van der Waals surface area (Å²) >= 11 is 0. The summed E-state index contributed by atoms with van der Waals surface area (Å²) in [5, 5.41) is 6.69. The Hall–Kier alpha value is -3.66. The predicted molar refractivity (Wildman–Crippen MR) is 132 cm³/mol. The Morgan fingerprint density at radius 3 is 2.42 bits per heavy atom. The number of hydrogen-bond acceptors (Lipinski definition) is 5. The predicted octanol–water partition coefficient (Wildman–Crippen LogP) is 3.42. The molecule has 0 unspecified atom stereocenters. The molecule has 1 saturated heterocycles. The third-order valence-electron chi connectivity index (χ3n) is 6.21. The number of aryl methyl sites for hydroxylation is 2. The second-order valence-corrected chi connectivity index (χ2v) is 8.85. The van der Waals surface area contributed by atoms with Crippen LogP contribution < -0.4 is 15.6 Å². The van der Waals surface area contributed by atoms with Gasteiger partial charge >= 0.3 is 6.18 Å². The van der Waals surface area contributed by atoms with Gasteiger partial charge in [0.15, 0.2) is 5.69 Å². The lowest BCUT2D eigenvalue weighted by Gasteiger charge is -2.36. The van der Waals surface area contributed by atoms with E-state index >= 15 is 0 Å². The maximum absolute atomic E-state index is 13.5. The zero-order valence-corrected chi connectivity index (χ0v) is 20.2. The zero-order valence-electron chi connectivity index (χ0n) is 20.2. The number of carbonyl (C=O) groups excluding carboxylic acids is 1. The molecule has 0 spiro atoms. The summed E-state index contributed by atoms with van der Waals surface area (Å²) in [6.07, 6.45) is -4.61. The van der Waals surface area contributed by atoms with Crippen LogP contribution in [0.25, 0.3) is 5.69 Å². The first-order valence-corrected chi connectivity index (χ1v) is 11.7. The van der Waals surface area contributed by atoms with Crippen LogP contribution in [0.4, 0.5) is 18.9 Å². The van der Waals surface area contributed by atoms with Gasteiger partial charge in [0.1, 0.15) is 0 Å². The van der Waals surface area contributed by atoms with Crippen LogP contribution in [0.2, 0.25) is 0 Å². The van der Waals surface area contributed by atoms with E-state index < -0.39 is 28.8 Å². The molecule has 1 N–H and O–H groups in total. The summed E-state index contributed by atoms with van der Waals surface area (Å²) in [5.41, 5.74) is 0.364. The van der Waals surface area contributed by atoms with E-state index in [2.05, 4.69) is 45.3 Å². The van der Waals surface area contributed by atoms with Crippen LogP contribution >= 0.6 is 0 Å². The lowest BCUT2D eigenvalue weighted by molar-refractivity contribution is -0.137. The number of para-hydroxylation sites is 1. The van der Waals surface area contributed by atoms with Gasteiger partial charge in [0.05, 0.1) is 11.3 Å². The molecule has 1 aliphatic heterocycles. The Bertz CT molecular complexity index is 1300. The number of hydrogen-bond donors (Lipinski definition) is 1. The number of benzene rings is 2. The number of nitrogens with zero attached hydrogens (tertiary/aromatic N) is 4. The van der Waals surface area contributed by atoms with Crippen molar-refractivity contribution in [3.63, 3.8) is 0 Å². The van der Waals surface area contributed by atoms with Crippen LogP contribution in [0, 0.1) is 13.8 Å². The smallest absolute Gasteiger partial charge is 0.369 e. The number of aromatic nitrogens is 2. The fourth-order valence-corrected chi connectivity index (χ4v) is 4.31.